The van der Waals surface area contributed by atoms with Gasteiger partial charge >= 0.3 is 6.03 Å². The standard InChI is InChI=1S/C19H21N3O3S2/c1-12-17(27-18(22-12)16-5-4-8-26-16)11-21-19(23)20-10-13-6-7-14(24-2)15(9-13)25-3/h4-9H,10-11H2,1-3H3,(H2,20,21,23). The number of hydrogen-bond acceptors (Lipinski definition) is 6. The molecule has 0 aliphatic carbocycles. The van der Waals surface area contributed by atoms with Crippen molar-refractivity contribution < 1.29 is 14.3 Å². The van der Waals surface area contributed by atoms with Crippen molar-refractivity contribution in [2.45, 2.75) is 20.0 Å². The molecule has 142 valence electrons. The molecule has 2 heterocycles. The van der Waals surface area contributed by atoms with Crippen LogP contribution < -0.4 is 20.1 Å². The third-order valence-electron chi connectivity index (χ3n) is 3.94. The fourth-order valence-electron chi connectivity index (χ4n) is 2.49. The maximum Gasteiger partial charge on any atom is 0.315 e. The third-order valence-corrected chi connectivity index (χ3v) is 6.13. The second-order valence-electron chi connectivity index (χ2n) is 5.73. The Hall–Kier alpha value is -2.58. The Kier molecular flexibility index (Phi) is 6.31. The Morgan fingerprint density at radius 2 is 1.89 bits per heavy atom. The zero-order chi connectivity index (χ0) is 19.2. The fourth-order valence-corrected chi connectivity index (χ4v) is 4.29. The lowest BCUT2D eigenvalue weighted by molar-refractivity contribution is 0.240. The SMILES string of the molecule is COc1ccc(CNC(=O)NCc2sc(-c3cccs3)nc2C)cc1OC. The summed E-state index contributed by atoms with van der Waals surface area (Å²) in [6.07, 6.45) is 0. The maximum atomic E-state index is 12.1. The van der Waals surface area contributed by atoms with E-state index in [0.29, 0.717) is 24.6 Å². The number of methoxy groups -OCH3 is 2. The quantitative estimate of drug-likeness (QED) is 0.620. The van der Waals surface area contributed by atoms with Crippen molar-refractivity contribution in [3.63, 3.8) is 0 Å². The predicted octanol–water partition coefficient (Wildman–Crippen LogP) is 4.20. The first-order valence-corrected chi connectivity index (χ1v) is 10.0. The van der Waals surface area contributed by atoms with Crippen LogP contribution in [0.2, 0.25) is 0 Å². The van der Waals surface area contributed by atoms with Gasteiger partial charge in [-0.2, -0.15) is 0 Å². The Labute approximate surface area is 166 Å². The number of benzene rings is 1. The lowest BCUT2D eigenvalue weighted by atomic mass is 10.2. The molecule has 0 bridgehead atoms. The Balaban J connectivity index is 1.53. The van der Waals surface area contributed by atoms with Gasteiger partial charge < -0.3 is 20.1 Å². The minimum absolute atomic E-state index is 0.227. The number of ether oxygens (including phenoxy) is 2. The molecule has 0 fully saturated rings. The van der Waals surface area contributed by atoms with E-state index in [0.717, 1.165) is 26.0 Å². The highest BCUT2D eigenvalue weighted by molar-refractivity contribution is 7.21. The van der Waals surface area contributed by atoms with Gasteiger partial charge in [-0.3, -0.25) is 0 Å². The van der Waals surface area contributed by atoms with Crippen molar-refractivity contribution in [3.8, 4) is 21.4 Å². The molecule has 3 aromatic rings. The summed E-state index contributed by atoms with van der Waals surface area (Å²) in [6, 6.07) is 9.39. The summed E-state index contributed by atoms with van der Waals surface area (Å²) in [4.78, 5) is 18.9. The summed E-state index contributed by atoms with van der Waals surface area (Å²) in [7, 11) is 3.18. The maximum absolute atomic E-state index is 12.1. The molecule has 0 radical (unpaired) electrons. The third kappa shape index (κ3) is 4.78. The van der Waals surface area contributed by atoms with Gasteiger partial charge in [0, 0.05) is 11.4 Å². The summed E-state index contributed by atoms with van der Waals surface area (Å²) in [5, 5.41) is 8.76. The average molecular weight is 404 g/mol. The molecule has 2 amide bonds. The van der Waals surface area contributed by atoms with Crippen molar-refractivity contribution in [2.24, 2.45) is 0 Å². The molecule has 8 heteroatoms. The van der Waals surface area contributed by atoms with E-state index in [1.165, 1.54) is 0 Å². The molecule has 0 spiro atoms. The molecule has 0 atom stereocenters. The molecule has 2 aromatic heterocycles. The summed E-state index contributed by atoms with van der Waals surface area (Å²) in [6.45, 7) is 2.81. The summed E-state index contributed by atoms with van der Waals surface area (Å²) >= 11 is 3.27. The lowest BCUT2D eigenvalue weighted by Gasteiger charge is -2.11. The number of carbonyl (C=O) groups is 1. The number of rotatable bonds is 7. The highest BCUT2D eigenvalue weighted by Gasteiger charge is 2.11. The van der Waals surface area contributed by atoms with Gasteiger partial charge in [0.25, 0.3) is 0 Å². The molecule has 0 aliphatic heterocycles. The van der Waals surface area contributed by atoms with Crippen LogP contribution in [0.15, 0.2) is 35.7 Å². The van der Waals surface area contributed by atoms with Crippen molar-refractivity contribution in [2.75, 3.05) is 14.2 Å². The molecule has 27 heavy (non-hydrogen) atoms. The molecule has 0 saturated carbocycles. The number of aryl methyl sites for hydroxylation is 1. The normalized spacial score (nSPS) is 10.5. The van der Waals surface area contributed by atoms with Crippen molar-refractivity contribution >= 4 is 28.7 Å². The number of carbonyl (C=O) groups excluding carboxylic acids is 1. The number of thiophene rings is 1. The molecular weight excluding hydrogens is 382 g/mol. The summed E-state index contributed by atoms with van der Waals surface area (Å²) in [5.41, 5.74) is 1.88. The van der Waals surface area contributed by atoms with Gasteiger partial charge in [0.2, 0.25) is 0 Å². The van der Waals surface area contributed by atoms with Crippen molar-refractivity contribution in [1.82, 2.24) is 15.6 Å². The van der Waals surface area contributed by atoms with E-state index in [1.54, 1.807) is 36.9 Å². The number of thiazole rings is 1. The number of nitrogens with one attached hydrogen (secondary N) is 2. The van der Waals surface area contributed by atoms with Crippen LogP contribution in [0.1, 0.15) is 16.1 Å². The highest BCUT2D eigenvalue weighted by atomic mass is 32.1. The predicted molar refractivity (Wildman–Crippen MR) is 109 cm³/mol. The molecule has 2 N–H and O–H groups in total. The Morgan fingerprint density at radius 3 is 2.59 bits per heavy atom. The van der Waals surface area contributed by atoms with Gasteiger partial charge in [-0.15, -0.1) is 22.7 Å². The Bertz CT molecular complexity index is 907. The van der Waals surface area contributed by atoms with E-state index in [-0.39, 0.29) is 6.03 Å². The van der Waals surface area contributed by atoms with Gasteiger partial charge in [0.1, 0.15) is 5.01 Å². The first kappa shape index (κ1) is 19.2. The molecule has 0 saturated heterocycles. The minimum atomic E-state index is -0.227. The van der Waals surface area contributed by atoms with Gasteiger partial charge in [-0.1, -0.05) is 12.1 Å². The summed E-state index contributed by atoms with van der Waals surface area (Å²) in [5.74, 6) is 1.30. The molecular formula is C19H21N3O3S2. The smallest absolute Gasteiger partial charge is 0.315 e. The van der Waals surface area contributed by atoms with E-state index >= 15 is 0 Å². The number of hydrogen-bond donors (Lipinski definition) is 2. The molecule has 0 unspecified atom stereocenters. The van der Waals surface area contributed by atoms with E-state index in [2.05, 4.69) is 21.7 Å². The fraction of sp³-hybridized carbons (Fsp3) is 0.263. The number of urea groups is 1. The van der Waals surface area contributed by atoms with Crippen LogP contribution in [0.3, 0.4) is 0 Å². The van der Waals surface area contributed by atoms with Gasteiger partial charge in [0.15, 0.2) is 11.5 Å². The molecule has 1 aromatic carbocycles. The minimum Gasteiger partial charge on any atom is -0.493 e. The number of amides is 2. The second kappa shape index (κ2) is 8.88. The van der Waals surface area contributed by atoms with Crippen LogP contribution in [0.25, 0.3) is 9.88 Å². The lowest BCUT2D eigenvalue weighted by Crippen LogP contribution is -2.34. The molecule has 6 nitrogen and oxygen atoms in total. The monoisotopic (exact) mass is 403 g/mol. The van der Waals surface area contributed by atoms with Crippen LogP contribution >= 0.6 is 22.7 Å². The largest absolute Gasteiger partial charge is 0.493 e. The molecule has 0 aliphatic rings. The average Bonchev–Trinajstić information content (AvgIpc) is 3.34. The first-order chi connectivity index (χ1) is 13.1. The topological polar surface area (TPSA) is 72.5 Å². The zero-order valence-electron chi connectivity index (χ0n) is 15.4. The van der Waals surface area contributed by atoms with Crippen LogP contribution in [0, 0.1) is 6.92 Å². The van der Waals surface area contributed by atoms with Gasteiger partial charge in [0.05, 0.1) is 31.3 Å². The van der Waals surface area contributed by atoms with Crippen LogP contribution in [-0.2, 0) is 13.1 Å². The summed E-state index contributed by atoms with van der Waals surface area (Å²) < 4.78 is 10.5. The van der Waals surface area contributed by atoms with Crippen LogP contribution in [0.4, 0.5) is 4.79 Å². The zero-order valence-corrected chi connectivity index (χ0v) is 17.0. The van der Waals surface area contributed by atoms with Crippen LogP contribution in [-0.4, -0.2) is 25.2 Å². The van der Waals surface area contributed by atoms with E-state index in [9.17, 15) is 4.79 Å². The second-order valence-corrected chi connectivity index (χ2v) is 7.76. The highest BCUT2D eigenvalue weighted by Crippen LogP contribution is 2.31. The number of aromatic nitrogens is 1. The van der Waals surface area contributed by atoms with Crippen molar-refractivity contribution in [3.05, 3.63) is 51.8 Å². The van der Waals surface area contributed by atoms with Crippen LogP contribution in [0.5, 0.6) is 11.5 Å². The van der Waals surface area contributed by atoms with Gasteiger partial charge in [-0.25, -0.2) is 9.78 Å². The van der Waals surface area contributed by atoms with Gasteiger partial charge in [-0.05, 0) is 36.1 Å². The van der Waals surface area contributed by atoms with Crippen molar-refractivity contribution in [1.29, 1.82) is 0 Å². The van der Waals surface area contributed by atoms with E-state index < -0.39 is 0 Å². The van der Waals surface area contributed by atoms with E-state index in [1.807, 2.05) is 36.6 Å². The Morgan fingerprint density at radius 1 is 1.11 bits per heavy atom. The molecule has 3 rings (SSSR count). The van der Waals surface area contributed by atoms with E-state index in [4.69, 9.17) is 9.47 Å². The number of nitrogens with zero attached hydrogens (tertiary/aromatic N) is 1. The first-order valence-electron chi connectivity index (χ1n) is 8.33.